The van der Waals surface area contributed by atoms with Gasteiger partial charge >= 0.3 is 0 Å². The second kappa shape index (κ2) is 8.40. The fraction of sp³-hybridized carbons (Fsp3) is 0.440. The predicted molar refractivity (Wildman–Crippen MR) is 134 cm³/mol. The number of aryl methyl sites for hydroxylation is 3. The Morgan fingerprint density at radius 2 is 1.91 bits per heavy atom. The quantitative estimate of drug-likeness (QED) is 0.303. The van der Waals surface area contributed by atoms with E-state index in [1.54, 1.807) is 21.8 Å². The molecular weight excluding hydrogens is 452 g/mol. The summed E-state index contributed by atoms with van der Waals surface area (Å²) in [7, 11) is 0. The van der Waals surface area contributed by atoms with Crippen LogP contribution >= 0.6 is 23.1 Å². The first-order valence-corrected chi connectivity index (χ1v) is 13.6. The third-order valence-electron chi connectivity index (χ3n) is 6.89. The first kappa shape index (κ1) is 21.1. The van der Waals surface area contributed by atoms with E-state index in [1.165, 1.54) is 28.6 Å². The van der Waals surface area contributed by atoms with E-state index in [1.807, 2.05) is 29.8 Å². The fourth-order valence-electron chi connectivity index (χ4n) is 5.26. The Bertz CT molecular complexity index is 1490. The topological polar surface area (TPSA) is 69.3 Å². The number of pyridine rings is 1. The van der Waals surface area contributed by atoms with Crippen LogP contribution < -0.4 is 11.1 Å². The molecule has 170 valence electrons. The molecule has 2 aliphatic carbocycles. The van der Waals surface area contributed by atoms with E-state index < -0.39 is 0 Å². The molecule has 0 aliphatic heterocycles. The lowest BCUT2D eigenvalue weighted by Crippen LogP contribution is -2.26. The predicted octanol–water partition coefficient (Wildman–Crippen LogP) is 5.06. The van der Waals surface area contributed by atoms with Crippen LogP contribution in [-0.2, 0) is 18.6 Å². The number of fused-ring (bicyclic) bond motifs is 4. The van der Waals surface area contributed by atoms with Gasteiger partial charge in [0.1, 0.15) is 10.5 Å². The van der Waals surface area contributed by atoms with Crippen molar-refractivity contribution in [3.63, 3.8) is 0 Å². The van der Waals surface area contributed by atoms with Crippen LogP contribution in [0.2, 0.25) is 0 Å². The molecule has 0 aromatic carbocycles. The lowest BCUT2D eigenvalue weighted by atomic mass is 9.97. The highest BCUT2D eigenvalue weighted by Gasteiger charge is 2.27. The number of rotatable bonds is 4. The summed E-state index contributed by atoms with van der Waals surface area (Å²) >= 11 is 3.23. The molecule has 4 aromatic heterocycles. The van der Waals surface area contributed by atoms with Crippen molar-refractivity contribution in [1.82, 2.24) is 18.9 Å². The van der Waals surface area contributed by atoms with Gasteiger partial charge in [0.05, 0.1) is 11.1 Å². The lowest BCUT2D eigenvalue weighted by molar-refractivity contribution is 0.457. The molecular formula is C25H26N4O2S2. The molecule has 0 radical (unpaired) electrons. The molecule has 1 fully saturated rings. The Hall–Kier alpha value is -2.45. The van der Waals surface area contributed by atoms with Crippen molar-refractivity contribution >= 4 is 39.0 Å². The first-order valence-electron chi connectivity index (χ1n) is 11.8. The minimum Gasteiger partial charge on any atom is -0.284 e. The van der Waals surface area contributed by atoms with Crippen molar-refractivity contribution in [2.45, 2.75) is 75.2 Å². The number of thioether (sulfide) groups is 1. The summed E-state index contributed by atoms with van der Waals surface area (Å²) in [6, 6.07) is 5.65. The van der Waals surface area contributed by atoms with E-state index in [-0.39, 0.29) is 17.2 Å². The summed E-state index contributed by atoms with van der Waals surface area (Å²) in [5.41, 5.74) is 3.68. The lowest BCUT2D eigenvalue weighted by Gasteiger charge is -2.18. The molecule has 0 atom stereocenters. The average Bonchev–Trinajstić information content (AvgIpc) is 3.46. The second-order valence-corrected chi connectivity index (χ2v) is 11.2. The van der Waals surface area contributed by atoms with Crippen LogP contribution in [0, 0.1) is 6.92 Å². The zero-order valence-electron chi connectivity index (χ0n) is 18.7. The zero-order valence-corrected chi connectivity index (χ0v) is 20.3. The van der Waals surface area contributed by atoms with Crippen molar-refractivity contribution in [1.29, 1.82) is 0 Å². The zero-order chi connectivity index (χ0) is 22.5. The van der Waals surface area contributed by atoms with Gasteiger partial charge in [0.15, 0.2) is 5.16 Å². The van der Waals surface area contributed by atoms with Crippen molar-refractivity contribution in [3.05, 3.63) is 66.8 Å². The van der Waals surface area contributed by atoms with Gasteiger partial charge in [0, 0.05) is 28.9 Å². The summed E-state index contributed by atoms with van der Waals surface area (Å²) in [6.45, 7) is 1.96. The van der Waals surface area contributed by atoms with Crippen molar-refractivity contribution in [2.24, 2.45) is 0 Å². The normalized spacial score (nSPS) is 16.6. The molecule has 4 aromatic rings. The van der Waals surface area contributed by atoms with Gasteiger partial charge in [-0.3, -0.25) is 18.6 Å². The molecule has 0 N–H and O–H groups in total. The Labute approximate surface area is 199 Å². The van der Waals surface area contributed by atoms with Gasteiger partial charge in [0.2, 0.25) is 0 Å². The second-order valence-electron chi connectivity index (χ2n) is 9.21. The maximum absolute atomic E-state index is 13.8. The van der Waals surface area contributed by atoms with E-state index in [4.69, 9.17) is 4.98 Å². The van der Waals surface area contributed by atoms with E-state index in [0.29, 0.717) is 17.1 Å². The molecule has 0 amide bonds. The van der Waals surface area contributed by atoms with Gasteiger partial charge in [-0.15, -0.1) is 11.3 Å². The standard InChI is InChI=1S/C25H26N4O2S2/c1-15-10-11-20-26-16(12-21(30)28(20)13-15)14-32-25-27-23-22(18-8-4-5-9-19(18)33-23)24(31)29(25)17-6-2-3-7-17/h10-13,17H,2-9,14H2,1H3. The SMILES string of the molecule is Cc1ccc2nc(CSc3nc4sc5c(c4c(=O)n3C3CCCC3)CCCC5)cc(=O)n2c1. The van der Waals surface area contributed by atoms with Crippen LogP contribution in [0.15, 0.2) is 39.1 Å². The molecule has 0 saturated heterocycles. The number of nitrogens with zero attached hydrogens (tertiary/aromatic N) is 4. The van der Waals surface area contributed by atoms with E-state index in [9.17, 15) is 9.59 Å². The highest BCUT2D eigenvalue weighted by Crippen LogP contribution is 2.37. The molecule has 1 saturated carbocycles. The van der Waals surface area contributed by atoms with Gasteiger partial charge in [0.25, 0.3) is 11.1 Å². The van der Waals surface area contributed by atoms with Crippen LogP contribution in [0.4, 0.5) is 0 Å². The van der Waals surface area contributed by atoms with Gasteiger partial charge in [-0.05, 0) is 62.6 Å². The molecule has 6 nitrogen and oxygen atoms in total. The smallest absolute Gasteiger partial charge is 0.263 e. The van der Waals surface area contributed by atoms with Crippen molar-refractivity contribution in [3.8, 4) is 0 Å². The molecule has 4 heterocycles. The summed E-state index contributed by atoms with van der Waals surface area (Å²) < 4.78 is 3.55. The largest absolute Gasteiger partial charge is 0.284 e. The summed E-state index contributed by atoms with van der Waals surface area (Å²) in [5, 5.41) is 1.63. The molecule has 0 spiro atoms. The van der Waals surface area contributed by atoms with Crippen molar-refractivity contribution in [2.75, 3.05) is 0 Å². The number of hydrogen-bond acceptors (Lipinski definition) is 6. The monoisotopic (exact) mass is 478 g/mol. The molecule has 33 heavy (non-hydrogen) atoms. The molecule has 0 unspecified atom stereocenters. The summed E-state index contributed by atoms with van der Waals surface area (Å²) in [5.74, 6) is 0.509. The summed E-state index contributed by atoms with van der Waals surface area (Å²) in [6.07, 6.45) is 10.6. The Morgan fingerprint density at radius 1 is 1.09 bits per heavy atom. The number of thiophene rings is 1. The molecule has 6 rings (SSSR count). The van der Waals surface area contributed by atoms with Crippen LogP contribution in [-0.4, -0.2) is 18.9 Å². The highest BCUT2D eigenvalue weighted by atomic mass is 32.2. The third kappa shape index (κ3) is 3.73. The van der Waals surface area contributed by atoms with Crippen LogP contribution in [0.25, 0.3) is 15.9 Å². The van der Waals surface area contributed by atoms with Crippen LogP contribution in [0.1, 0.15) is 66.3 Å². The van der Waals surface area contributed by atoms with Gasteiger partial charge in [-0.2, -0.15) is 0 Å². The maximum atomic E-state index is 13.8. The molecule has 0 bridgehead atoms. The van der Waals surface area contributed by atoms with E-state index in [2.05, 4.69) is 4.98 Å². The number of hydrogen-bond donors (Lipinski definition) is 0. The minimum absolute atomic E-state index is 0.0816. The highest BCUT2D eigenvalue weighted by molar-refractivity contribution is 7.98. The van der Waals surface area contributed by atoms with Gasteiger partial charge in [-0.25, -0.2) is 9.97 Å². The average molecular weight is 479 g/mol. The summed E-state index contributed by atoms with van der Waals surface area (Å²) in [4.78, 5) is 38.4. The van der Waals surface area contributed by atoms with Crippen LogP contribution in [0.5, 0.6) is 0 Å². The molecule has 2 aliphatic rings. The molecule has 8 heteroatoms. The van der Waals surface area contributed by atoms with Gasteiger partial charge in [-0.1, -0.05) is 30.7 Å². The third-order valence-corrected chi connectivity index (χ3v) is 9.06. The minimum atomic E-state index is -0.0816. The Balaban J connectivity index is 1.42. The maximum Gasteiger partial charge on any atom is 0.263 e. The fourth-order valence-corrected chi connectivity index (χ4v) is 7.52. The number of aromatic nitrogens is 4. The Kier molecular flexibility index (Phi) is 5.37. The Morgan fingerprint density at radius 3 is 2.76 bits per heavy atom. The first-order chi connectivity index (χ1) is 16.1. The van der Waals surface area contributed by atoms with Crippen LogP contribution in [0.3, 0.4) is 0 Å². The van der Waals surface area contributed by atoms with Gasteiger partial charge < -0.3 is 0 Å². The van der Waals surface area contributed by atoms with E-state index in [0.717, 1.165) is 65.9 Å². The van der Waals surface area contributed by atoms with Crippen molar-refractivity contribution < 1.29 is 0 Å². The van der Waals surface area contributed by atoms with E-state index >= 15 is 0 Å².